The lowest BCUT2D eigenvalue weighted by molar-refractivity contribution is 0.0657. The fraction of sp³-hybridized carbons (Fsp3) is 0.391. The molecule has 0 aliphatic carbocycles. The molecule has 0 unspecified atom stereocenters. The molecule has 0 saturated carbocycles. The average Bonchev–Trinajstić information content (AvgIpc) is 3.32. The van der Waals surface area contributed by atoms with E-state index in [1.807, 2.05) is 29.2 Å². The maximum Gasteiger partial charge on any atom is 0.289 e. The van der Waals surface area contributed by atoms with Crippen LogP contribution in [0.15, 0.2) is 52.1 Å². The van der Waals surface area contributed by atoms with E-state index in [9.17, 15) is 4.79 Å². The molecule has 1 fully saturated rings. The Hall–Kier alpha value is -3.40. The van der Waals surface area contributed by atoms with E-state index in [0.29, 0.717) is 25.4 Å². The fourth-order valence-corrected chi connectivity index (χ4v) is 3.27. The quantitative estimate of drug-likeness (QED) is 0.432. The fourth-order valence-electron chi connectivity index (χ4n) is 3.27. The first-order valence-corrected chi connectivity index (χ1v) is 10.2. The molecule has 0 atom stereocenters. The molecule has 1 aromatic carbocycles. The highest BCUT2D eigenvalue weighted by Gasteiger charge is 2.25. The number of nitrogens with one attached hydrogen (secondary N) is 1. The second-order valence-corrected chi connectivity index (χ2v) is 6.88. The first-order chi connectivity index (χ1) is 14.7. The van der Waals surface area contributed by atoms with Gasteiger partial charge in [0.15, 0.2) is 11.7 Å². The summed E-state index contributed by atoms with van der Waals surface area (Å²) in [6.07, 6.45) is 7.57. The zero-order valence-electron chi connectivity index (χ0n) is 17.3. The van der Waals surface area contributed by atoms with Gasteiger partial charge in [0.25, 0.3) is 5.91 Å². The molecule has 1 aliphatic rings. The number of ether oxygens (including phenoxy) is 1. The zero-order chi connectivity index (χ0) is 21.2. The van der Waals surface area contributed by atoms with Crippen LogP contribution in [0.3, 0.4) is 0 Å². The van der Waals surface area contributed by atoms with Gasteiger partial charge in [0.1, 0.15) is 12.4 Å². The topological polar surface area (TPSA) is 70.3 Å². The van der Waals surface area contributed by atoms with Crippen molar-refractivity contribution in [3.05, 3.63) is 54.0 Å². The largest absolute Gasteiger partial charge is 0.481 e. The lowest BCUT2D eigenvalue weighted by atomic mass is 10.1. The van der Waals surface area contributed by atoms with Gasteiger partial charge in [-0.2, -0.15) is 0 Å². The summed E-state index contributed by atoms with van der Waals surface area (Å²) in [4.78, 5) is 21.2. The molecule has 1 aromatic heterocycles. The molecule has 30 heavy (non-hydrogen) atoms. The molecule has 1 saturated heterocycles. The second-order valence-electron chi connectivity index (χ2n) is 6.88. The molecule has 1 N–H and O–H groups in total. The molecule has 2 heterocycles. The Morgan fingerprint density at radius 2 is 1.93 bits per heavy atom. The number of hydrogen-bond donors (Lipinski definition) is 1. The molecule has 2 aromatic rings. The van der Waals surface area contributed by atoms with Gasteiger partial charge in [0.2, 0.25) is 0 Å². The third-order valence-electron chi connectivity index (χ3n) is 4.84. The van der Waals surface area contributed by atoms with Crippen molar-refractivity contribution in [1.82, 2.24) is 15.1 Å². The number of aliphatic imine (C=N–C) groups is 1. The summed E-state index contributed by atoms with van der Waals surface area (Å²) < 4.78 is 10.6. The van der Waals surface area contributed by atoms with Crippen LogP contribution < -0.4 is 10.1 Å². The third-order valence-corrected chi connectivity index (χ3v) is 4.84. The summed E-state index contributed by atoms with van der Waals surface area (Å²) in [5.41, 5.74) is 1.19. The highest BCUT2D eigenvalue weighted by Crippen LogP contribution is 2.13. The monoisotopic (exact) mass is 408 g/mol. The van der Waals surface area contributed by atoms with Crippen LogP contribution in [0.4, 0.5) is 0 Å². The standard InChI is InChI=1S/C23H28N4O3/c1-3-17-29-20-9-7-19(8-10-20)11-12-25-23(24-4-2)27-15-13-26(14-16-27)22(28)21-6-5-18-30-21/h1,5-10,18H,4,11-17H2,2H3,(H,24,25). The number of nitrogens with zero attached hydrogens (tertiary/aromatic N) is 3. The molecule has 7 nitrogen and oxygen atoms in total. The molecule has 1 aliphatic heterocycles. The number of rotatable bonds is 7. The smallest absolute Gasteiger partial charge is 0.289 e. The summed E-state index contributed by atoms with van der Waals surface area (Å²) in [5.74, 6) is 4.45. The van der Waals surface area contributed by atoms with Crippen molar-refractivity contribution < 1.29 is 13.9 Å². The highest BCUT2D eigenvalue weighted by atomic mass is 16.5. The Morgan fingerprint density at radius 3 is 2.57 bits per heavy atom. The van der Waals surface area contributed by atoms with E-state index >= 15 is 0 Å². The SMILES string of the molecule is C#CCOc1ccc(CCN=C(NCC)N2CCN(C(=O)c3ccco3)CC2)cc1. The Morgan fingerprint density at radius 1 is 1.20 bits per heavy atom. The lowest BCUT2D eigenvalue weighted by Crippen LogP contribution is -2.53. The van der Waals surface area contributed by atoms with Gasteiger partial charge in [-0.25, -0.2) is 0 Å². The molecule has 1 amide bonds. The number of amides is 1. The summed E-state index contributed by atoms with van der Waals surface area (Å²) in [6, 6.07) is 11.4. The molecule has 0 bridgehead atoms. The summed E-state index contributed by atoms with van der Waals surface area (Å²) in [5, 5.41) is 3.36. The van der Waals surface area contributed by atoms with Gasteiger partial charge in [-0.1, -0.05) is 18.1 Å². The van der Waals surface area contributed by atoms with Gasteiger partial charge < -0.3 is 24.3 Å². The predicted octanol–water partition coefficient (Wildman–Crippen LogP) is 2.26. The molecular weight excluding hydrogens is 380 g/mol. The van der Waals surface area contributed by atoms with E-state index in [1.165, 1.54) is 11.8 Å². The van der Waals surface area contributed by atoms with E-state index in [-0.39, 0.29) is 12.5 Å². The highest BCUT2D eigenvalue weighted by molar-refractivity contribution is 5.91. The lowest BCUT2D eigenvalue weighted by Gasteiger charge is -2.36. The summed E-state index contributed by atoms with van der Waals surface area (Å²) in [6.45, 7) is 6.56. The van der Waals surface area contributed by atoms with Crippen LogP contribution in [0.25, 0.3) is 0 Å². The van der Waals surface area contributed by atoms with Gasteiger partial charge in [-0.15, -0.1) is 6.42 Å². The van der Waals surface area contributed by atoms with Crippen LogP contribution in [-0.4, -0.2) is 67.5 Å². The van der Waals surface area contributed by atoms with Crippen LogP contribution in [0, 0.1) is 12.3 Å². The van der Waals surface area contributed by atoms with Gasteiger partial charge in [0, 0.05) is 39.3 Å². The van der Waals surface area contributed by atoms with Crippen molar-refractivity contribution in [1.29, 1.82) is 0 Å². The number of carbonyl (C=O) groups is 1. The van der Waals surface area contributed by atoms with Gasteiger partial charge in [0.05, 0.1) is 6.26 Å². The van der Waals surface area contributed by atoms with Crippen LogP contribution in [0.5, 0.6) is 5.75 Å². The maximum atomic E-state index is 12.4. The molecule has 0 spiro atoms. The van der Waals surface area contributed by atoms with Crippen LogP contribution >= 0.6 is 0 Å². The van der Waals surface area contributed by atoms with Crippen LogP contribution in [0.1, 0.15) is 23.0 Å². The summed E-state index contributed by atoms with van der Waals surface area (Å²) >= 11 is 0. The third kappa shape index (κ3) is 5.80. The van der Waals surface area contributed by atoms with E-state index in [4.69, 9.17) is 20.6 Å². The summed E-state index contributed by atoms with van der Waals surface area (Å²) in [7, 11) is 0. The minimum Gasteiger partial charge on any atom is -0.481 e. The number of piperazine rings is 1. The zero-order valence-corrected chi connectivity index (χ0v) is 17.3. The molecule has 7 heteroatoms. The van der Waals surface area contributed by atoms with E-state index in [0.717, 1.165) is 37.8 Å². The minimum absolute atomic E-state index is 0.0590. The number of hydrogen-bond acceptors (Lipinski definition) is 4. The molecular formula is C23H28N4O3. The Balaban J connectivity index is 1.51. The Labute approximate surface area is 177 Å². The first-order valence-electron chi connectivity index (χ1n) is 10.2. The minimum atomic E-state index is -0.0590. The van der Waals surface area contributed by atoms with Gasteiger partial charge >= 0.3 is 0 Å². The second kappa shape index (κ2) is 11.0. The van der Waals surface area contributed by atoms with Crippen molar-refractivity contribution in [2.45, 2.75) is 13.3 Å². The van der Waals surface area contributed by atoms with E-state index < -0.39 is 0 Å². The average molecular weight is 409 g/mol. The van der Waals surface area contributed by atoms with Crippen LogP contribution in [-0.2, 0) is 6.42 Å². The van der Waals surface area contributed by atoms with E-state index in [1.54, 1.807) is 12.1 Å². The van der Waals surface area contributed by atoms with Crippen molar-refractivity contribution in [2.75, 3.05) is 45.9 Å². The number of terminal acetylenes is 1. The van der Waals surface area contributed by atoms with Gasteiger partial charge in [-0.3, -0.25) is 9.79 Å². The number of benzene rings is 1. The number of carbonyl (C=O) groups excluding carboxylic acids is 1. The van der Waals surface area contributed by atoms with E-state index in [2.05, 4.69) is 23.1 Å². The van der Waals surface area contributed by atoms with Crippen molar-refractivity contribution in [2.24, 2.45) is 4.99 Å². The maximum absolute atomic E-state index is 12.4. The Kier molecular flexibility index (Phi) is 7.78. The first kappa shape index (κ1) is 21.3. The predicted molar refractivity (Wildman–Crippen MR) is 117 cm³/mol. The molecule has 0 radical (unpaired) electrons. The molecule has 3 rings (SSSR count). The van der Waals surface area contributed by atoms with Crippen molar-refractivity contribution >= 4 is 11.9 Å². The normalized spacial score (nSPS) is 14.3. The van der Waals surface area contributed by atoms with Crippen molar-refractivity contribution in [3.8, 4) is 18.1 Å². The molecule has 158 valence electrons. The number of guanidine groups is 1. The van der Waals surface area contributed by atoms with Gasteiger partial charge in [-0.05, 0) is 43.2 Å². The Bertz CT molecular complexity index is 861. The van der Waals surface area contributed by atoms with Crippen molar-refractivity contribution in [3.63, 3.8) is 0 Å². The van der Waals surface area contributed by atoms with Crippen LogP contribution in [0.2, 0.25) is 0 Å². The number of furan rings is 1.